The molecule has 0 bridgehead atoms. The summed E-state index contributed by atoms with van der Waals surface area (Å²) in [6.07, 6.45) is -2.41. The molecule has 2 nitrogen and oxygen atoms in total. The third-order valence-corrected chi connectivity index (χ3v) is 2.51. The molecule has 0 amide bonds. The van der Waals surface area contributed by atoms with Gasteiger partial charge >= 0.3 is 0 Å². The normalized spacial score (nSPS) is 12.9. The average molecular weight is 229 g/mol. The molecular weight excluding hydrogens is 212 g/mol. The number of hydrogen-bond acceptors (Lipinski definition) is 2. The predicted octanol–water partition coefficient (Wildman–Crippen LogP) is 2.83. The minimum atomic E-state index is -2.38. The van der Waals surface area contributed by atoms with Gasteiger partial charge in [-0.1, -0.05) is 25.1 Å². The molecule has 0 aliphatic rings. The first-order valence-electron chi connectivity index (χ1n) is 5.32. The molecule has 1 N–H and O–H groups in total. The first kappa shape index (κ1) is 12.9. The molecule has 1 atom stereocenters. The van der Waals surface area contributed by atoms with Gasteiger partial charge in [0, 0.05) is 18.3 Å². The average Bonchev–Trinajstić information content (AvgIpc) is 2.27. The van der Waals surface area contributed by atoms with Crippen molar-refractivity contribution in [2.24, 2.45) is 0 Å². The first-order valence-corrected chi connectivity index (χ1v) is 5.32. The third kappa shape index (κ3) is 3.17. The standard InChI is InChI=1S/C12H17F2NO/c1-3-11(16)9-6-4-5-7-10(9)15(2)8-12(13)14/h4-7,11-12,16H,3,8H2,1-2H3/t11-/m0/s1. The van der Waals surface area contributed by atoms with Gasteiger partial charge in [-0.25, -0.2) is 8.78 Å². The van der Waals surface area contributed by atoms with Crippen molar-refractivity contribution in [2.75, 3.05) is 18.5 Å². The number of rotatable bonds is 5. The maximum absolute atomic E-state index is 12.3. The van der Waals surface area contributed by atoms with Gasteiger partial charge in [0.25, 0.3) is 6.43 Å². The van der Waals surface area contributed by atoms with Gasteiger partial charge in [0.2, 0.25) is 0 Å². The molecule has 1 rings (SSSR count). The lowest BCUT2D eigenvalue weighted by atomic mass is 10.0. The van der Waals surface area contributed by atoms with Crippen molar-refractivity contribution < 1.29 is 13.9 Å². The Kier molecular flexibility index (Phi) is 4.68. The summed E-state index contributed by atoms with van der Waals surface area (Å²) in [5, 5.41) is 9.78. The highest BCUT2D eigenvalue weighted by Gasteiger charge is 2.15. The van der Waals surface area contributed by atoms with Gasteiger partial charge < -0.3 is 10.0 Å². The SMILES string of the molecule is CC[C@H](O)c1ccccc1N(C)CC(F)F. The summed E-state index contributed by atoms with van der Waals surface area (Å²) in [5.74, 6) is 0. The fraction of sp³-hybridized carbons (Fsp3) is 0.500. The zero-order valence-electron chi connectivity index (χ0n) is 9.53. The number of para-hydroxylation sites is 1. The van der Waals surface area contributed by atoms with Crippen molar-refractivity contribution in [3.63, 3.8) is 0 Å². The van der Waals surface area contributed by atoms with Gasteiger partial charge in [-0.05, 0) is 12.5 Å². The van der Waals surface area contributed by atoms with Crippen molar-refractivity contribution >= 4 is 5.69 Å². The minimum absolute atomic E-state index is 0.326. The highest BCUT2D eigenvalue weighted by atomic mass is 19.3. The molecule has 0 aromatic heterocycles. The molecule has 0 heterocycles. The topological polar surface area (TPSA) is 23.5 Å². The largest absolute Gasteiger partial charge is 0.388 e. The summed E-state index contributed by atoms with van der Waals surface area (Å²) in [6.45, 7) is 1.53. The third-order valence-electron chi connectivity index (χ3n) is 2.51. The number of aliphatic hydroxyl groups is 1. The van der Waals surface area contributed by atoms with Crippen LogP contribution in [0.15, 0.2) is 24.3 Å². The Morgan fingerprint density at radius 2 is 1.94 bits per heavy atom. The summed E-state index contributed by atoms with van der Waals surface area (Å²) >= 11 is 0. The van der Waals surface area contributed by atoms with Crippen molar-refractivity contribution in [2.45, 2.75) is 25.9 Å². The Morgan fingerprint density at radius 3 is 2.50 bits per heavy atom. The van der Waals surface area contributed by atoms with Gasteiger partial charge in [0.15, 0.2) is 0 Å². The number of aliphatic hydroxyl groups excluding tert-OH is 1. The van der Waals surface area contributed by atoms with E-state index >= 15 is 0 Å². The van der Waals surface area contributed by atoms with E-state index in [0.717, 1.165) is 0 Å². The van der Waals surface area contributed by atoms with Crippen LogP contribution in [0.2, 0.25) is 0 Å². The molecule has 4 heteroatoms. The van der Waals surface area contributed by atoms with Crippen molar-refractivity contribution in [1.82, 2.24) is 0 Å². The summed E-state index contributed by atoms with van der Waals surface area (Å²) < 4.78 is 24.6. The van der Waals surface area contributed by atoms with E-state index in [0.29, 0.717) is 17.7 Å². The van der Waals surface area contributed by atoms with Gasteiger partial charge in [-0.3, -0.25) is 0 Å². The van der Waals surface area contributed by atoms with E-state index in [4.69, 9.17) is 0 Å². The molecule has 16 heavy (non-hydrogen) atoms. The lowest BCUT2D eigenvalue weighted by molar-refractivity contribution is 0.155. The Labute approximate surface area is 94.5 Å². The van der Waals surface area contributed by atoms with Crippen LogP contribution < -0.4 is 4.90 Å². The Hall–Kier alpha value is -1.16. The van der Waals surface area contributed by atoms with E-state index in [1.54, 1.807) is 31.3 Å². The van der Waals surface area contributed by atoms with E-state index < -0.39 is 12.5 Å². The van der Waals surface area contributed by atoms with Crippen LogP contribution in [-0.2, 0) is 0 Å². The predicted molar refractivity (Wildman–Crippen MR) is 61.0 cm³/mol. The molecule has 1 aromatic rings. The highest BCUT2D eigenvalue weighted by Crippen LogP contribution is 2.27. The fourth-order valence-electron chi connectivity index (χ4n) is 1.64. The molecule has 0 aliphatic heterocycles. The van der Waals surface area contributed by atoms with Crippen LogP contribution in [0.1, 0.15) is 25.0 Å². The number of benzene rings is 1. The Morgan fingerprint density at radius 1 is 1.31 bits per heavy atom. The van der Waals surface area contributed by atoms with Crippen LogP contribution in [0.3, 0.4) is 0 Å². The number of anilines is 1. The van der Waals surface area contributed by atoms with E-state index in [1.807, 2.05) is 6.92 Å². The van der Waals surface area contributed by atoms with Gasteiger partial charge in [-0.15, -0.1) is 0 Å². The van der Waals surface area contributed by atoms with Crippen molar-refractivity contribution in [1.29, 1.82) is 0 Å². The Balaban J connectivity index is 2.93. The molecule has 0 saturated carbocycles. The molecule has 0 unspecified atom stereocenters. The summed E-state index contributed by atoms with van der Waals surface area (Å²) in [4.78, 5) is 1.47. The minimum Gasteiger partial charge on any atom is -0.388 e. The second kappa shape index (κ2) is 5.80. The van der Waals surface area contributed by atoms with Crippen LogP contribution in [0, 0.1) is 0 Å². The quantitative estimate of drug-likeness (QED) is 0.839. The molecular formula is C12H17F2NO. The zero-order chi connectivity index (χ0) is 12.1. The lowest BCUT2D eigenvalue weighted by Gasteiger charge is -2.23. The van der Waals surface area contributed by atoms with Crippen molar-refractivity contribution in [3.05, 3.63) is 29.8 Å². The molecule has 0 saturated heterocycles. The second-order valence-corrected chi connectivity index (χ2v) is 3.75. The van der Waals surface area contributed by atoms with Crippen LogP contribution in [0.4, 0.5) is 14.5 Å². The van der Waals surface area contributed by atoms with Crippen LogP contribution >= 0.6 is 0 Å². The molecule has 0 aliphatic carbocycles. The van der Waals surface area contributed by atoms with E-state index in [9.17, 15) is 13.9 Å². The molecule has 1 aromatic carbocycles. The second-order valence-electron chi connectivity index (χ2n) is 3.75. The first-order chi connectivity index (χ1) is 7.56. The summed E-state index contributed by atoms with van der Waals surface area (Å²) in [7, 11) is 1.60. The fourth-order valence-corrected chi connectivity index (χ4v) is 1.64. The lowest BCUT2D eigenvalue weighted by Crippen LogP contribution is -2.25. The van der Waals surface area contributed by atoms with E-state index in [2.05, 4.69) is 0 Å². The Bertz CT molecular complexity index is 331. The number of alkyl halides is 2. The van der Waals surface area contributed by atoms with E-state index in [-0.39, 0.29) is 6.54 Å². The van der Waals surface area contributed by atoms with Crippen molar-refractivity contribution in [3.8, 4) is 0 Å². The molecule has 90 valence electrons. The maximum Gasteiger partial charge on any atom is 0.255 e. The molecule has 0 fully saturated rings. The zero-order valence-corrected chi connectivity index (χ0v) is 9.53. The maximum atomic E-state index is 12.3. The van der Waals surface area contributed by atoms with Gasteiger partial charge in [-0.2, -0.15) is 0 Å². The smallest absolute Gasteiger partial charge is 0.255 e. The molecule has 0 radical (unpaired) electrons. The van der Waals surface area contributed by atoms with Gasteiger partial charge in [0.05, 0.1) is 12.6 Å². The summed E-state index contributed by atoms with van der Waals surface area (Å²) in [5.41, 5.74) is 1.37. The highest BCUT2D eigenvalue weighted by molar-refractivity contribution is 5.54. The van der Waals surface area contributed by atoms with Gasteiger partial charge in [0.1, 0.15) is 0 Å². The monoisotopic (exact) mass is 229 g/mol. The van der Waals surface area contributed by atoms with Crippen LogP contribution in [-0.4, -0.2) is 25.1 Å². The number of hydrogen-bond donors (Lipinski definition) is 1. The van der Waals surface area contributed by atoms with E-state index in [1.165, 1.54) is 4.90 Å². The number of nitrogens with zero attached hydrogens (tertiary/aromatic N) is 1. The van der Waals surface area contributed by atoms with Crippen LogP contribution in [0.5, 0.6) is 0 Å². The molecule has 0 spiro atoms. The summed E-state index contributed by atoms with van der Waals surface area (Å²) in [6, 6.07) is 7.10. The van der Waals surface area contributed by atoms with Crippen LogP contribution in [0.25, 0.3) is 0 Å². The number of halogens is 2.